The van der Waals surface area contributed by atoms with Gasteiger partial charge >= 0.3 is 11.9 Å². The number of rotatable bonds is 11. The maximum atomic E-state index is 12.9. The smallest absolute Gasteiger partial charge is 0.348 e. The third kappa shape index (κ3) is 6.66. The lowest BCUT2D eigenvalue weighted by Crippen LogP contribution is -2.16. The molecule has 0 aliphatic rings. The summed E-state index contributed by atoms with van der Waals surface area (Å²) in [4.78, 5) is 38.2. The summed E-state index contributed by atoms with van der Waals surface area (Å²) in [5.41, 5.74) is 0.485. The summed E-state index contributed by atoms with van der Waals surface area (Å²) in [6.07, 6.45) is -0.380. The van der Waals surface area contributed by atoms with Crippen molar-refractivity contribution in [2.45, 2.75) is 47.3 Å². The molecule has 0 spiro atoms. The number of benzene rings is 1. The van der Waals surface area contributed by atoms with Gasteiger partial charge in [0.15, 0.2) is 5.76 Å². The van der Waals surface area contributed by atoms with Gasteiger partial charge in [-0.3, -0.25) is 4.79 Å². The van der Waals surface area contributed by atoms with Crippen molar-refractivity contribution < 1.29 is 37.7 Å². The lowest BCUT2D eigenvalue weighted by Gasteiger charge is -2.10. The zero-order chi connectivity index (χ0) is 26.2. The average Bonchev–Trinajstić information content (AvgIpc) is 3.43. The van der Waals surface area contributed by atoms with E-state index in [9.17, 15) is 14.4 Å². The van der Waals surface area contributed by atoms with Crippen LogP contribution in [0.15, 0.2) is 40.8 Å². The molecule has 3 aromatic rings. The monoisotopic (exact) mass is 515 g/mol. The molecule has 0 unspecified atom stereocenters. The average molecular weight is 516 g/mol. The van der Waals surface area contributed by atoms with Gasteiger partial charge in [0.25, 0.3) is 5.91 Å². The van der Waals surface area contributed by atoms with Crippen LogP contribution in [0, 0.1) is 6.92 Å². The molecule has 3 rings (SSSR count). The molecule has 0 atom stereocenters. The molecular formula is C26H29NO8S. The second-order valence-electron chi connectivity index (χ2n) is 7.85. The van der Waals surface area contributed by atoms with E-state index in [2.05, 4.69) is 5.32 Å². The predicted octanol–water partition coefficient (Wildman–Crippen LogP) is 5.62. The van der Waals surface area contributed by atoms with E-state index in [1.165, 1.54) is 6.07 Å². The van der Waals surface area contributed by atoms with E-state index in [0.717, 1.165) is 17.1 Å². The van der Waals surface area contributed by atoms with Gasteiger partial charge in [0.2, 0.25) is 0 Å². The largest absolute Gasteiger partial charge is 0.494 e. The second kappa shape index (κ2) is 12.3. The summed E-state index contributed by atoms with van der Waals surface area (Å²) in [7, 11) is 0. The molecule has 1 aromatic carbocycles. The number of hydrogen-bond acceptors (Lipinski definition) is 9. The van der Waals surface area contributed by atoms with Gasteiger partial charge in [-0.1, -0.05) is 0 Å². The summed E-state index contributed by atoms with van der Waals surface area (Å²) >= 11 is 0.948. The van der Waals surface area contributed by atoms with Gasteiger partial charge in [0.1, 0.15) is 33.7 Å². The number of anilines is 1. The molecule has 0 radical (unpaired) electrons. The van der Waals surface area contributed by atoms with Gasteiger partial charge in [0, 0.05) is 0 Å². The number of thiophene rings is 1. The van der Waals surface area contributed by atoms with E-state index < -0.39 is 17.8 Å². The van der Waals surface area contributed by atoms with Crippen molar-refractivity contribution in [2.75, 3.05) is 18.5 Å². The van der Waals surface area contributed by atoms with Crippen molar-refractivity contribution in [2.24, 2.45) is 0 Å². The minimum atomic E-state index is -0.645. The Morgan fingerprint density at radius 2 is 1.61 bits per heavy atom. The Hall–Kier alpha value is -3.79. The maximum Gasteiger partial charge on any atom is 0.348 e. The Bertz CT molecular complexity index is 1210. The summed E-state index contributed by atoms with van der Waals surface area (Å²) in [6.45, 7) is 9.49. The van der Waals surface area contributed by atoms with Crippen molar-refractivity contribution in [1.29, 1.82) is 0 Å². The van der Waals surface area contributed by atoms with E-state index in [4.69, 9.17) is 23.4 Å². The highest BCUT2D eigenvalue weighted by Gasteiger charge is 2.28. The number of furan rings is 1. The summed E-state index contributed by atoms with van der Waals surface area (Å²) < 4.78 is 27.1. The highest BCUT2D eigenvalue weighted by atomic mass is 32.1. The van der Waals surface area contributed by atoms with Gasteiger partial charge in [0.05, 0.1) is 24.9 Å². The zero-order valence-corrected chi connectivity index (χ0v) is 21.7. The Labute approximate surface area is 213 Å². The van der Waals surface area contributed by atoms with E-state index in [-0.39, 0.29) is 40.5 Å². The Morgan fingerprint density at radius 1 is 0.944 bits per heavy atom. The first kappa shape index (κ1) is 26.8. The fourth-order valence-electron chi connectivity index (χ4n) is 3.21. The van der Waals surface area contributed by atoms with Gasteiger partial charge in [-0.05, 0) is 76.6 Å². The highest BCUT2D eigenvalue weighted by Crippen LogP contribution is 2.35. The van der Waals surface area contributed by atoms with Crippen molar-refractivity contribution in [3.63, 3.8) is 0 Å². The minimum absolute atomic E-state index is 0.0206. The first-order chi connectivity index (χ1) is 17.2. The number of carbonyl (C=O) groups excluding carboxylic acids is 3. The van der Waals surface area contributed by atoms with E-state index in [1.807, 2.05) is 6.92 Å². The van der Waals surface area contributed by atoms with E-state index in [0.29, 0.717) is 23.7 Å². The molecule has 0 saturated heterocycles. The van der Waals surface area contributed by atoms with Crippen LogP contribution in [0.4, 0.5) is 5.00 Å². The van der Waals surface area contributed by atoms with Crippen molar-refractivity contribution in [3.05, 3.63) is 63.9 Å². The van der Waals surface area contributed by atoms with Gasteiger partial charge in [-0.15, -0.1) is 11.3 Å². The Kier molecular flexibility index (Phi) is 9.13. The molecule has 0 aliphatic carbocycles. The molecule has 2 heterocycles. The lowest BCUT2D eigenvalue weighted by molar-refractivity contribution is 0.0379. The van der Waals surface area contributed by atoms with Crippen molar-refractivity contribution >= 4 is 34.2 Å². The standard InChI is InChI=1S/C26H29NO8S/c1-6-31-17-8-10-18(11-9-17)33-14-19-12-13-20(35-19)23(28)27-24-21(25(29)34-15(3)4)16(5)22(36-24)26(30)32-7-2/h8-13,15H,6-7,14H2,1-5H3,(H,27,28). The van der Waals surface area contributed by atoms with Crippen LogP contribution in [-0.4, -0.2) is 37.2 Å². The van der Waals surface area contributed by atoms with Crippen LogP contribution in [0.2, 0.25) is 0 Å². The first-order valence-corrected chi connectivity index (χ1v) is 12.3. The lowest BCUT2D eigenvalue weighted by atomic mass is 10.1. The predicted molar refractivity (Wildman–Crippen MR) is 134 cm³/mol. The number of amides is 1. The van der Waals surface area contributed by atoms with Crippen LogP contribution in [0.25, 0.3) is 0 Å². The molecule has 9 nitrogen and oxygen atoms in total. The third-order valence-electron chi connectivity index (χ3n) is 4.78. The molecule has 10 heteroatoms. The fraction of sp³-hybridized carbons (Fsp3) is 0.346. The van der Waals surface area contributed by atoms with Crippen molar-refractivity contribution in [3.8, 4) is 11.5 Å². The van der Waals surface area contributed by atoms with Gasteiger partial charge < -0.3 is 28.7 Å². The molecule has 36 heavy (non-hydrogen) atoms. The number of ether oxygens (including phenoxy) is 4. The molecule has 1 amide bonds. The normalized spacial score (nSPS) is 10.7. The van der Waals surface area contributed by atoms with E-state index in [1.54, 1.807) is 58.0 Å². The van der Waals surface area contributed by atoms with E-state index >= 15 is 0 Å². The van der Waals surface area contributed by atoms with Crippen molar-refractivity contribution in [1.82, 2.24) is 0 Å². The number of esters is 2. The topological polar surface area (TPSA) is 113 Å². The first-order valence-electron chi connectivity index (χ1n) is 11.5. The number of nitrogens with one attached hydrogen (secondary N) is 1. The molecule has 2 aromatic heterocycles. The Balaban J connectivity index is 1.73. The highest BCUT2D eigenvalue weighted by molar-refractivity contribution is 7.18. The van der Waals surface area contributed by atoms with Gasteiger partial charge in [-0.25, -0.2) is 9.59 Å². The van der Waals surface area contributed by atoms with Crippen LogP contribution in [0.3, 0.4) is 0 Å². The maximum absolute atomic E-state index is 12.9. The molecule has 1 N–H and O–H groups in total. The molecule has 0 bridgehead atoms. The second-order valence-corrected chi connectivity index (χ2v) is 8.87. The fourth-order valence-corrected chi connectivity index (χ4v) is 4.29. The third-order valence-corrected chi connectivity index (χ3v) is 5.97. The summed E-state index contributed by atoms with van der Waals surface area (Å²) in [5, 5.41) is 2.84. The number of carbonyl (C=O) groups is 3. The van der Waals surface area contributed by atoms with Crippen LogP contribution in [-0.2, 0) is 16.1 Å². The zero-order valence-electron chi connectivity index (χ0n) is 20.8. The molecule has 0 fully saturated rings. The van der Waals surface area contributed by atoms with Crippen LogP contribution >= 0.6 is 11.3 Å². The summed E-state index contributed by atoms with van der Waals surface area (Å²) in [5.74, 6) is 0.00947. The summed E-state index contributed by atoms with van der Waals surface area (Å²) in [6, 6.07) is 10.3. The minimum Gasteiger partial charge on any atom is -0.494 e. The molecule has 192 valence electrons. The SMILES string of the molecule is CCOC(=O)c1sc(NC(=O)c2ccc(COc3ccc(OCC)cc3)o2)c(C(=O)OC(C)C)c1C. The van der Waals surface area contributed by atoms with Gasteiger partial charge in [-0.2, -0.15) is 0 Å². The van der Waals surface area contributed by atoms with Crippen LogP contribution < -0.4 is 14.8 Å². The Morgan fingerprint density at radius 3 is 2.22 bits per heavy atom. The molecular weight excluding hydrogens is 486 g/mol. The van der Waals surface area contributed by atoms with Crippen LogP contribution in [0.1, 0.15) is 69.6 Å². The van der Waals surface area contributed by atoms with Crippen LogP contribution in [0.5, 0.6) is 11.5 Å². The number of hydrogen-bond donors (Lipinski definition) is 1. The quantitative estimate of drug-likeness (QED) is 0.327. The molecule has 0 aliphatic heterocycles. The molecule has 0 saturated carbocycles.